The third-order valence-electron chi connectivity index (χ3n) is 4.96. The Morgan fingerprint density at radius 2 is 1.78 bits per heavy atom. The van der Waals surface area contributed by atoms with Gasteiger partial charge in [-0.3, -0.25) is 4.79 Å². The molecule has 2 aromatic carbocycles. The number of nitrogens with one attached hydrogen (secondary N) is 2. The molecule has 4 rings (SSSR count). The van der Waals surface area contributed by atoms with Gasteiger partial charge in [-0.2, -0.15) is 0 Å². The fourth-order valence-electron chi connectivity index (χ4n) is 3.45. The van der Waals surface area contributed by atoms with Crippen molar-refractivity contribution in [2.24, 2.45) is 0 Å². The van der Waals surface area contributed by atoms with E-state index in [9.17, 15) is 21.6 Å². The number of carbonyl (C=O) groups excluding carboxylic acids is 1. The SMILES string of the molecule is Cc1nc(-c2ccccc2)c(C(=O)Nc2ccc(S(=O)(=O)N[C@H]3CCS(=O)(=O)C3)cc2)s1. The van der Waals surface area contributed by atoms with E-state index in [2.05, 4.69) is 15.0 Å². The largest absolute Gasteiger partial charge is 0.321 e. The van der Waals surface area contributed by atoms with E-state index in [0.717, 1.165) is 10.6 Å². The van der Waals surface area contributed by atoms with Crippen LogP contribution >= 0.6 is 11.3 Å². The van der Waals surface area contributed by atoms with Crippen LogP contribution in [0.3, 0.4) is 0 Å². The van der Waals surface area contributed by atoms with E-state index in [4.69, 9.17) is 0 Å². The predicted molar refractivity (Wildman–Crippen MR) is 124 cm³/mol. The second-order valence-electron chi connectivity index (χ2n) is 7.48. The highest BCUT2D eigenvalue weighted by Crippen LogP contribution is 2.29. The molecule has 11 heteroatoms. The molecule has 168 valence electrons. The molecule has 1 saturated heterocycles. The minimum Gasteiger partial charge on any atom is -0.321 e. The van der Waals surface area contributed by atoms with Gasteiger partial charge in [0.15, 0.2) is 9.84 Å². The second kappa shape index (κ2) is 8.74. The van der Waals surface area contributed by atoms with Gasteiger partial charge in [0, 0.05) is 17.3 Å². The molecule has 1 atom stereocenters. The molecule has 32 heavy (non-hydrogen) atoms. The van der Waals surface area contributed by atoms with Crippen molar-refractivity contribution < 1.29 is 21.6 Å². The van der Waals surface area contributed by atoms with Gasteiger partial charge < -0.3 is 5.32 Å². The van der Waals surface area contributed by atoms with E-state index >= 15 is 0 Å². The van der Waals surface area contributed by atoms with Gasteiger partial charge in [0.25, 0.3) is 5.91 Å². The van der Waals surface area contributed by atoms with Crippen LogP contribution in [-0.4, -0.2) is 45.3 Å². The number of sulfonamides is 1. The lowest BCUT2D eigenvalue weighted by Crippen LogP contribution is -2.35. The van der Waals surface area contributed by atoms with E-state index < -0.39 is 25.9 Å². The molecule has 1 amide bonds. The topological polar surface area (TPSA) is 122 Å². The second-order valence-corrected chi connectivity index (χ2v) is 12.6. The van der Waals surface area contributed by atoms with Crippen molar-refractivity contribution >= 4 is 42.8 Å². The molecule has 0 radical (unpaired) electrons. The molecule has 2 heterocycles. The Labute approximate surface area is 190 Å². The number of carbonyl (C=O) groups is 1. The smallest absolute Gasteiger partial charge is 0.268 e. The highest BCUT2D eigenvalue weighted by Gasteiger charge is 2.31. The van der Waals surface area contributed by atoms with Crippen LogP contribution in [0.25, 0.3) is 11.3 Å². The van der Waals surface area contributed by atoms with Crippen molar-refractivity contribution in [1.82, 2.24) is 9.71 Å². The monoisotopic (exact) mass is 491 g/mol. The van der Waals surface area contributed by atoms with E-state index in [0.29, 0.717) is 16.3 Å². The summed E-state index contributed by atoms with van der Waals surface area (Å²) in [6.45, 7) is 1.83. The third kappa shape index (κ3) is 5.07. The Balaban J connectivity index is 1.48. The Bertz CT molecular complexity index is 1350. The number of amides is 1. The Hall–Kier alpha value is -2.60. The first-order chi connectivity index (χ1) is 15.1. The number of aromatic nitrogens is 1. The summed E-state index contributed by atoms with van der Waals surface area (Å²) in [5.74, 6) is -0.551. The van der Waals surface area contributed by atoms with Gasteiger partial charge in [-0.25, -0.2) is 26.5 Å². The average Bonchev–Trinajstić information content (AvgIpc) is 3.30. The van der Waals surface area contributed by atoms with Crippen molar-refractivity contribution in [3.8, 4) is 11.3 Å². The summed E-state index contributed by atoms with van der Waals surface area (Å²) in [7, 11) is -7.06. The number of benzene rings is 2. The van der Waals surface area contributed by atoms with Crippen LogP contribution in [-0.2, 0) is 19.9 Å². The van der Waals surface area contributed by atoms with E-state index in [1.807, 2.05) is 37.3 Å². The molecule has 3 aromatic rings. The standard InChI is InChI=1S/C21H21N3O5S3/c1-14-22-19(15-5-3-2-4-6-15)20(30-14)21(25)23-16-7-9-18(10-8-16)32(28,29)24-17-11-12-31(26,27)13-17/h2-10,17,24H,11-13H2,1H3,(H,23,25)/t17-/m0/s1. The van der Waals surface area contributed by atoms with Crippen LogP contribution in [0.5, 0.6) is 0 Å². The van der Waals surface area contributed by atoms with Crippen molar-refractivity contribution in [3.05, 3.63) is 64.5 Å². The highest BCUT2D eigenvalue weighted by molar-refractivity contribution is 7.92. The molecule has 1 aromatic heterocycles. The van der Waals surface area contributed by atoms with Crippen LogP contribution in [0.1, 0.15) is 21.1 Å². The van der Waals surface area contributed by atoms with Crippen LogP contribution in [0.4, 0.5) is 5.69 Å². The summed E-state index contributed by atoms with van der Waals surface area (Å²) < 4.78 is 50.7. The van der Waals surface area contributed by atoms with Crippen LogP contribution in [0.2, 0.25) is 0 Å². The summed E-state index contributed by atoms with van der Waals surface area (Å²) in [4.78, 5) is 17.8. The maximum atomic E-state index is 12.9. The first kappa shape index (κ1) is 22.6. The first-order valence-corrected chi connectivity index (χ1v) is 13.9. The van der Waals surface area contributed by atoms with Gasteiger partial charge in [-0.05, 0) is 37.6 Å². The lowest BCUT2D eigenvalue weighted by Gasteiger charge is -2.12. The lowest BCUT2D eigenvalue weighted by molar-refractivity contribution is 0.103. The van der Waals surface area contributed by atoms with Gasteiger partial charge in [-0.1, -0.05) is 30.3 Å². The van der Waals surface area contributed by atoms with Crippen molar-refractivity contribution in [3.63, 3.8) is 0 Å². The molecule has 0 bridgehead atoms. The summed E-state index contributed by atoms with van der Waals surface area (Å²) in [6, 6.07) is 14.5. The number of hydrogen-bond acceptors (Lipinski definition) is 7. The number of hydrogen-bond donors (Lipinski definition) is 2. The maximum absolute atomic E-state index is 12.9. The predicted octanol–water partition coefficient (Wildman–Crippen LogP) is 2.84. The molecule has 1 aliphatic rings. The van der Waals surface area contributed by atoms with Crippen molar-refractivity contribution in [1.29, 1.82) is 0 Å². The van der Waals surface area contributed by atoms with E-state index in [1.165, 1.54) is 35.6 Å². The molecule has 1 aliphatic heterocycles. The summed E-state index contributed by atoms with van der Waals surface area (Å²) >= 11 is 1.28. The number of rotatable bonds is 6. The molecule has 0 aliphatic carbocycles. The lowest BCUT2D eigenvalue weighted by atomic mass is 10.1. The normalized spacial score (nSPS) is 17.8. The Kier molecular flexibility index (Phi) is 6.17. The number of sulfone groups is 1. The van der Waals surface area contributed by atoms with Gasteiger partial charge in [0.05, 0.1) is 27.1 Å². The average molecular weight is 492 g/mol. The molecule has 0 unspecified atom stereocenters. The zero-order valence-electron chi connectivity index (χ0n) is 17.1. The highest BCUT2D eigenvalue weighted by atomic mass is 32.2. The van der Waals surface area contributed by atoms with Gasteiger partial charge in [0.2, 0.25) is 10.0 Å². The summed E-state index contributed by atoms with van der Waals surface area (Å²) in [5.41, 5.74) is 1.87. The fourth-order valence-corrected chi connectivity index (χ4v) is 7.34. The molecule has 0 saturated carbocycles. The quantitative estimate of drug-likeness (QED) is 0.547. The number of nitrogens with zero attached hydrogens (tertiary/aromatic N) is 1. The minimum atomic E-state index is -3.87. The van der Waals surface area contributed by atoms with Gasteiger partial charge in [-0.15, -0.1) is 11.3 Å². The van der Waals surface area contributed by atoms with E-state index in [-0.39, 0.29) is 28.7 Å². The van der Waals surface area contributed by atoms with Gasteiger partial charge >= 0.3 is 0 Å². The van der Waals surface area contributed by atoms with Crippen LogP contribution in [0.15, 0.2) is 59.5 Å². The molecular weight excluding hydrogens is 470 g/mol. The van der Waals surface area contributed by atoms with Crippen LogP contribution < -0.4 is 10.0 Å². The van der Waals surface area contributed by atoms with Crippen molar-refractivity contribution in [2.75, 3.05) is 16.8 Å². The number of thiazole rings is 1. The van der Waals surface area contributed by atoms with Crippen LogP contribution in [0, 0.1) is 6.92 Å². The number of anilines is 1. The molecule has 0 spiro atoms. The first-order valence-electron chi connectivity index (χ1n) is 9.80. The maximum Gasteiger partial charge on any atom is 0.268 e. The van der Waals surface area contributed by atoms with Gasteiger partial charge in [0.1, 0.15) is 4.88 Å². The Morgan fingerprint density at radius 3 is 2.41 bits per heavy atom. The molecule has 2 N–H and O–H groups in total. The zero-order valence-corrected chi connectivity index (χ0v) is 19.6. The Morgan fingerprint density at radius 1 is 1.09 bits per heavy atom. The fraction of sp³-hybridized carbons (Fsp3) is 0.238. The number of aryl methyl sites for hydroxylation is 1. The molecule has 1 fully saturated rings. The van der Waals surface area contributed by atoms with Crippen molar-refractivity contribution in [2.45, 2.75) is 24.3 Å². The minimum absolute atomic E-state index is 0.00148. The molecule has 8 nitrogen and oxygen atoms in total. The zero-order chi connectivity index (χ0) is 22.9. The summed E-state index contributed by atoms with van der Waals surface area (Å²) in [5, 5.41) is 3.54. The van der Waals surface area contributed by atoms with E-state index in [1.54, 1.807) is 0 Å². The summed E-state index contributed by atoms with van der Waals surface area (Å²) in [6.07, 6.45) is 0.258. The molecular formula is C21H21N3O5S3. The third-order valence-corrected chi connectivity index (χ3v) is 9.24.